The highest BCUT2D eigenvalue weighted by atomic mass is 32.2. The number of carbonyl (C=O) groups is 1. The molecular weight excluding hydrogens is 512 g/mol. The number of aryl methyl sites for hydroxylation is 1. The van der Waals surface area contributed by atoms with E-state index in [2.05, 4.69) is 28.5 Å². The van der Waals surface area contributed by atoms with Crippen molar-refractivity contribution >= 4 is 40.1 Å². The van der Waals surface area contributed by atoms with Crippen LogP contribution in [0.15, 0.2) is 72.9 Å². The van der Waals surface area contributed by atoms with Crippen molar-refractivity contribution in [1.29, 1.82) is 0 Å². The maximum absolute atomic E-state index is 12.9. The second-order valence-electron chi connectivity index (χ2n) is 9.63. The van der Waals surface area contributed by atoms with Gasteiger partial charge >= 0.3 is 0 Å². The summed E-state index contributed by atoms with van der Waals surface area (Å²) in [6, 6.07) is 21.7. The van der Waals surface area contributed by atoms with Crippen molar-refractivity contribution in [3.8, 4) is 11.4 Å². The summed E-state index contributed by atoms with van der Waals surface area (Å²) < 4.78 is 2.34. The molecule has 0 spiro atoms. The zero-order valence-corrected chi connectivity index (χ0v) is 25.6. The SMILES string of the molecule is CC.CCCCC.Cc1ccc(NC(=O)c2ccc(N3CCCCCS3)cc2)cc1-c1ncc2ccccc2n1. The molecule has 40 heavy (non-hydrogen) atoms. The number of anilines is 2. The van der Waals surface area contributed by atoms with Crippen LogP contribution in [0.1, 0.15) is 82.1 Å². The summed E-state index contributed by atoms with van der Waals surface area (Å²) in [5.74, 6) is 1.68. The lowest BCUT2D eigenvalue weighted by atomic mass is 10.1. The fourth-order valence-corrected chi connectivity index (χ4v) is 5.44. The van der Waals surface area contributed by atoms with Gasteiger partial charge in [-0.1, -0.05) is 77.6 Å². The maximum atomic E-state index is 12.9. The van der Waals surface area contributed by atoms with Gasteiger partial charge in [-0.15, -0.1) is 0 Å². The van der Waals surface area contributed by atoms with Gasteiger partial charge < -0.3 is 9.62 Å². The standard InChI is InChI=1S/C27H26N4OS.C5H12.C2H6/c1-19-9-12-22(17-24(19)26-28-18-21-7-3-4-8-25(21)30-26)29-27(32)20-10-13-23(14-11-20)31-15-5-2-6-16-33-31;1-3-5-4-2;1-2/h3-4,7-14,17-18H,2,5-6,15-16H2,1H3,(H,29,32);3-5H2,1-2H3;1-2H3. The van der Waals surface area contributed by atoms with E-state index in [1.54, 1.807) is 0 Å². The molecule has 1 N–H and O–H groups in total. The fraction of sp³-hybridized carbons (Fsp3) is 0.382. The number of amides is 1. The van der Waals surface area contributed by atoms with Gasteiger partial charge in [0.1, 0.15) is 0 Å². The van der Waals surface area contributed by atoms with E-state index in [-0.39, 0.29) is 5.91 Å². The number of hydrogen-bond acceptors (Lipinski definition) is 5. The van der Waals surface area contributed by atoms with Crippen molar-refractivity contribution in [3.63, 3.8) is 0 Å². The van der Waals surface area contributed by atoms with E-state index in [0.717, 1.165) is 45.7 Å². The Kier molecular flexibility index (Phi) is 13.0. The van der Waals surface area contributed by atoms with Gasteiger partial charge in [-0.2, -0.15) is 0 Å². The normalized spacial score (nSPS) is 12.9. The monoisotopic (exact) mass is 556 g/mol. The highest BCUT2D eigenvalue weighted by Crippen LogP contribution is 2.28. The number of nitrogens with one attached hydrogen (secondary N) is 1. The Hall–Kier alpha value is -3.38. The van der Waals surface area contributed by atoms with E-state index in [1.165, 1.54) is 38.5 Å². The Balaban J connectivity index is 0.000000570. The third kappa shape index (κ3) is 8.82. The van der Waals surface area contributed by atoms with Gasteiger partial charge in [-0.25, -0.2) is 9.97 Å². The van der Waals surface area contributed by atoms with Crippen molar-refractivity contribution < 1.29 is 4.79 Å². The number of carbonyl (C=O) groups excluding carboxylic acids is 1. The largest absolute Gasteiger partial charge is 0.322 e. The van der Waals surface area contributed by atoms with Crippen LogP contribution in [0.5, 0.6) is 0 Å². The quantitative estimate of drug-likeness (QED) is 0.240. The first-order chi connectivity index (χ1) is 19.6. The molecule has 1 aliphatic rings. The summed E-state index contributed by atoms with van der Waals surface area (Å²) in [5.41, 5.74) is 5.39. The van der Waals surface area contributed by atoms with Crippen LogP contribution in [0, 0.1) is 6.92 Å². The van der Waals surface area contributed by atoms with Crippen molar-refractivity contribution in [2.45, 2.75) is 73.1 Å². The number of para-hydroxylation sites is 1. The van der Waals surface area contributed by atoms with E-state index in [0.29, 0.717) is 11.4 Å². The van der Waals surface area contributed by atoms with Crippen LogP contribution in [0.3, 0.4) is 0 Å². The molecule has 1 saturated heterocycles. The zero-order chi connectivity index (χ0) is 28.7. The first-order valence-corrected chi connectivity index (χ1v) is 15.7. The Morgan fingerprint density at radius 3 is 2.42 bits per heavy atom. The zero-order valence-electron chi connectivity index (χ0n) is 24.7. The molecule has 1 aliphatic heterocycles. The molecule has 0 saturated carbocycles. The number of fused-ring (bicyclic) bond motifs is 1. The Labute approximate surface area is 245 Å². The predicted octanol–water partition coefficient (Wildman–Crippen LogP) is 9.72. The van der Waals surface area contributed by atoms with E-state index in [1.807, 2.05) is 106 Å². The maximum Gasteiger partial charge on any atom is 0.255 e. The molecule has 0 unspecified atom stereocenters. The molecule has 3 aromatic carbocycles. The van der Waals surface area contributed by atoms with Gasteiger partial charge in [0, 0.05) is 46.4 Å². The number of rotatable bonds is 6. The lowest BCUT2D eigenvalue weighted by Crippen LogP contribution is -2.15. The lowest BCUT2D eigenvalue weighted by molar-refractivity contribution is 0.102. The molecular formula is C34H44N4OS. The highest BCUT2D eigenvalue weighted by Gasteiger charge is 2.13. The summed E-state index contributed by atoms with van der Waals surface area (Å²) in [4.78, 5) is 22.2. The second-order valence-corrected chi connectivity index (χ2v) is 10.7. The van der Waals surface area contributed by atoms with Crippen molar-refractivity contribution in [2.75, 3.05) is 21.9 Å². The molecule has 1 amide bonds. The number of nitrogens with zero attached hydrogens (tertiary/aromatic N) is 3. The van der Waals surface area contributed by atoms with E-state index in [4.69, 9.17) is 4.98 Å². The van der Waals surface area contributed by atoms with Gasteiger partial charge in [-0.3, -0.25) is 4.79 Å². The summed E-state index contributed by atoms with van der Waals surface area (Å²) in [7, 11) is 0. The van der Waals surface area contributed by atoms with Crippen LogP contribution < -0.4 is 9.62 Å². The van der Waals surface area contributed by atoms with Crippen LogP contribution in [0.4, 0.5) is 11.4 Å². The summed E-state index contributed by atoms with van der Waals surface area (Å²) in [5, 5.41) is 4.03. The van der Waals surface area contributed by atoms with Gasteiger partial charge in [0.25, 0.3) is 5.91 Å². The van der Waals surface area contributed by atoms with Crippen molar-refractivity contribution in [1.82, 2.24) is 9.97 Å². The first kappa shape index (κ1) is 31.2. The lowest BCUT2D eigenvalue weighted by Gasteiger charge is -2.21. The summed E-state index contributed by atoms with van der Waals surface area (Å²) in [6.45, 7) is 11.5. The molecule has 1 fully saturated rings. The topological polar surface area (TPSA) is 58.1 Å². The van der Waals surface area contributed by atoms with Crippen LogP contribution in [-0.4, -0.2) is 28.2 Å². The molecule has 0 radical (unpaired) electrons. The third-order valence-electron chi connectivity index (χ3n) is 6.60. The summed E-state index contributed by atoms with van der Waals surface area (Å²) >= 11 is 1.88. The molecule has 2 heterocycles. The molecule has 5 rings (SSSR count). The molecule has 4 aromatic rings. The molecule has 212 valence electrons. The number of benzene rings is 3. The van der Waals surface area contributed by atoms with Gasteiger partial charge in [0.15, 0.2) is 5.82 Å². The van der Waals surface area contributed by atoms with Crippen molar-refractivity contribution in [2.24, 2.45) is 0 Å². The van der Waals surface area contributed by atoms with Gasteiger partial charge in [0.2, 0.25) is 0 Å². The van der Waals surface area contributed by atoms with Crippen LogP contribution in [-0.2, 0) is 0 Å². The number of hydrogen-bond donors (Lipinski definition) is 1. The highest BCUT2D eigenvalue weighted by molar-refractivity contribution is 8.00. The smallest absolute Gasteiger partial charge is 0.255 e. The van der Waals surface area contributed by atoms with Crippen LogP contribution >= 0.6 is 11.9 Å². The molecule has 0 atom stereocenters. The number of aromatic nitrogens is 2. The molecule has 1 aromatic heterocycles. The average Bonchev–Trinajstić information content (AvgIpc) is 3.30. The first-order valence-electron chi connectivity index (χ1n) is 14.7. The summed E-state index contributed by atoms with van der Waals surface area (Å²) in [6.07, 6.45) is 9.68. The van der Waals surface area contributed by atoms with Gasteiger partial charge in [0.05, 0.1) is 5.52 Å². The van der Waals surface area contributed by atoms with Gasteiger partial charge in [-0.05, 0) is 79.7 Å². The molecule has 5 nitrogen and oxygen atoms in total. The Morgan fingerprint density at radius 1 is 0.950 bits per heavy atom. The van der Waals surface area contributed by atoms with Crippen LogP contribution in [0.25, 0.3) is 22.3 Å². The molecule has 0 aliphatic carbocycles. The third-order valence-corrected chi connectivity index (χ3v) is 7.78. The molecule has 0 bridgehead atoms. The van der Waals surface area contributed by atoms with Crippen molar-refractivity contribution in [3.05, 3.63) is 84.1 Å². The average molecular weight is 557 g/mol. The predicted molar refractivity (Wildman–Crippen MR) is 174 cm³/mol. The minimum absolute atomic E-state index is 0.126. The fourth-order valence-electron chi connectivity index (χ4n) is 4.36. The molecule has 6 heteroatoms. The van der Waals surface area contributed by atoms with E-state index >= 15 is 0 Å². The minimum atomic E-state index is -0.126. The van der Waals surface area contributed by atoms with E-state index < -0.39 is 0 Å². The second kappa shape index (κ2) is 16.7. The van der Waals surface area contributed by atoms with Crippen LogP contribution in [0.2, 0.25) is 0 Å². The Bertz CT molecular complexity index is 1330. The Morgan fingerprint density at radius 2 is 1.70 bits per heavy atom. The van der Waals surface area contributed by atoms with E-state index in [9.17, 15) is 4.79 Å². The minimum Gasteiger partial charge on any atom is -0.322 e. The number of unbranched alkanes of at least 4 members (excludes halogenated alkanes) is 2.